The van der Waals surface area contributed by atoms with Gasteiger partial charge in [0.1, 0.15) is 5.82 Å². The van der Waals surface area contributed by atoms with E-state index in [9.17, 15) is 9.18 Å². The molecule has 22 heavy (non-hydrogen) atoms. The number of aliphatic carboxylic acids is 1. The van der Waals surface area contributed by atoms with Crippen molar-refractivity contribution in [1.82, 2.24) is 5.32 Å². The minimum absolute atomic E-state index is 0.279. The molecule has 1 saturated heterocycles. The highest BCUT2D eigenvalue weighted by atomic mass is 19.1. The Kier molecular flexibility index (Phi) is 5.77. The van der Waals surface area contributed by atoms with Gasteiger partial charge in [0.2, 0.25) is 0 Å². The first kappa shape index (κ1) is 16.7. The summed E-state index contributed by atoms with van der Waals surface area (Å²) >= 11 is 0. The maximum Gasteiger partial charge on any atom is 0.308 e. The van der Waals surface area contributed by atoms with Crippen molar-refractivity contribution in [3.05, 3.63) is 29.6 Å². The summed E-state index contributed by atoms with van der Waals surface area (Å²) in [6, 6.07) is 5.52. The second-order valence-corrected chi connectivity index (χ2v) is 6.10. The van der Waals surface area contributed by atoms with E-state index in [1.807, 2.05) is 11.0 Å². The Labute approximate surface area is 131 Å². The molecule has 0 radical (unpaired) electrons. The number of nitrogens with zero attached hydrogens (tertiary/aromatic N) is 1. The molecule has 0 amide bonds. The highest BCUT2D eigenvalue weighted by molar-refractivity contribution is 5.71. The van der Waals surface area contributed by atoms with Gasteiger partial charge in [0.05, 0.1) is 11.6 Å². The molecule has 2 unspecified atom stereocenters. The van der Waals surface area contributed by atoms with Crippen molar-refractivity contribution < 1.29 is 14.3 Å². The van der Waals surface area contributed by atoms with Crippen LogP contribution in [0.3, 0.4) is 0 Å². The zero-order valence-electron chi connectivity index (χ0n) is 13.3. The zero-order chi connectivity index (χ0) is 16.1. The zero-order valence-corrected chi connectivity index (χ0v) is 13.3. The summed E-state index contributed by atoms with van der Waals surface area (Å²) in [5.41, 5.74) is 1.54. The Morgan fingerprint density at radius 2 is 2.32 bits per heavy atom. The number of carboxylic acid groups (broad SMARTS) is 1. The SMILES string of the molecule is CCC(C)NCc1ccc(F)c(N2CCCC(C(=O)O)C2)c1. The summed E-state index contributed by atoms with van der Waals surface area (Å²) in [5, 5.41) is 12.6. The standard InChI is InChI=1S/C17H25FN2O2/c1-3-12(2)19-10-13-6-7-15(18)16(9-13)20-8-4-5-14(11-20)17(21)22/h6-7,9,12,14,19H,3-5,8,10-11H2,1-2H3,(H,21,22). The Morgan fingerprint density at radius 3 is 3.00 bits per heavy atom. The first-order chi connectivity index (χ1) is 10.5. The van der Waals surface area contributed by atoms with Crippen LogP contribution in [0.2, 0.25) is 0 Å². The van der Waals surface area contributed by atoms with Crippen LogP contribution in [0.4, 0.5) is 10.1 Å². The van der Waals surface area contributed by atoms with E-state index < -0.39 is 11.9 Å². The first-order valence-electron chi connectivity index (χ1n) is 8.00. The quantitative estimate of drug-likeness (QED) is 0.848. The number of nitrogens with one attached hydrogen (secondary N) is 1. The summed E-state index contributed by atoms with van der Waals surface area (Å²) in [5.74, 6) is -1.48. The predicted octanol–water partition coefficient (Wildman–Crippen LogP) is 3.01. The van der Waals surface area contributed by atoms with Crippen LogP contribution in [0.1, 0.15) is 38.7 Å². The van der Waals surface area contributed by atoms with E-state index >= 15 is 0 Å². The molecule has 0 aromatic heterocycles. The van der Waals surface area contributed by atoms with E-state index in [4.69, 9.17) is 5.11 Å². The molecule has 4 nitrogen and oxygen atoms in total. The molecule has 5 heteroatoms. The number of benzene rings is 1. The third kappa shape index (κ3) is 4.19. The third-order valence-electron chi connectivity index (χ3n) is 4.39. The largest absolute Gasteiger partial charge is 0.481 e. The number of anilines is 1. The van der Waals surface area contributed by atoms with E-state index in [2.05, 4.69) is 19.2 Å². The molecular weight excluding hydrogens is 283 g/mol. The van der Waals surface area contributed by atoms with Crippen molar-refractivity contribution in [3.63, 3.8) is 0 Å². The Hall–Kier alpha value is -1.62. The number of carboxylic acids is 1. The monoisotopic (exact) mass is 308 g/mol. The summed E-state index contributed by atoms with van der Waals surface area (Å²) in [6.07, 6.45) is 2.49. The maximum atomic E-state index is 14.1. The fourth-order valence-corrected chi connectivity index (χ4v) is 2.74. The Balaban J connectivity index is 2.10. The van der Waals surface area contributed by atoms with Gasteiger partial charge in [-0.1, -0.05) is 13.0 Å². The molecule has 1 aliphatic rings. The number of piperidine rings is 1. The van der Waals surface area contributed by atoms with Gasteiger partial charge in [0.15, 0.2) is 0 Å². The lowest BCUT2D eigenvalue weighted by atomic mass is 9.97. The molecule has 2 rings (SSSR count). The Morgan fingerprint density at radius 1 is 1.55 bits per heavy atom. The third-order valence-corrected chi connectivity index (χ3v) is 4.39. The van der Waals surface area contributed by atoms with Gasteiger partial charge >= 0.3 is 5.97 Å². The highest BCUT2D eigenvalue weighted by Gasteiger charge is 2.26. The first-order valence-corrected chi connectivity index (χ1v) is 8.00. The van der Waals surface area contributed by atoms with Crippen LogP contribution in [0.25, 0.3) is 0 Å². The molecular formula is C17H25FN2O2. The fraction of sp³-hybridized carbons (Fsp3) is 0.588. The molecule has 1 aromatic carbocycles. The van der Waals surface area contributed by atoms with Crippen LogP contribution in [0.15, 0.2) is 18.2 Å². The number of halogens is 1. The molecule has 0 spiro atoms. The molecule has 122 valence electrons. The van der Waals surface area contributed by atoms with Crippen molar-refractivity contribution in [1.29, 1.82) is 0 Å². The number of hydrogen-bond donors (Lipinski definition) is 2. The van der Waals surface area contributed by atoms with Crippen molar-refractivity contribution in [2.75, 3.05) is 18.0 Å². The summed E-state index contributed by atoms with van der Waals surface area (Å²) < 4.78 is 14.1. The molecule has 2 atom stereocenters. The topological polar surface area (TPSA) is 52.6 Å². The van der Waals surface area contributed by atoms with Crippen molar-refractivity contribution in [3.8, 4) is 0 Å². The van der Waals surface area contributed by atoms with Crippen LogP contribution >= 0.6 is 0 Å². The van der Waals surface area contributed by atoms with Crippen molar-refractivity contribution in [2.45, 2.75) is 45.7 Å². The van der Waals surface area contributed by atoms with Gasteiger partial charge < -0.3 is 15.3 Å². The molecule has 2 N–H and O–H groups in total. The lowest BCUT2D eigenvalue weighted by Crippen LogP contribution is -2.39. The molecule has 1 heterocycles. The Bertz CT molecular complexity index is 521. The summed E-state index contributed by atoms with van der Waals surface area (Å²) in [7, 11) is 0. The van der Waals surface area contributed by atoms with E-state index in [-0.39, 0.29) is 5.82 Å². The second kappa shape index (κ2) is 7.58. The smallest absolute Gasteiger partial charge is 0.308 e. The van der Waals surface area contributed by atoms with Gasteiger partial charge in [-0.05, 0) is 43.9 Å². The van der Waals surface area contributed by atoms with Gasteiger partial charge in [0, 0.05) is 25.7 Å². The highest BCUT2D eigenvalue weighted by Crippen LogP contribution is 2.27. The minimum atomic E-state index is -0.792. The lowest BCUT2D eigenvalue weighted by Gasteiger charge is -2.33. The van der Waals surface area contributed by atoms with Gasteiger partial charge in [-0.15, -0.1) is 0 Å². The number of hydrogen-bond acceptors (Lipinski definition) is 3. The van der Waals surface area contributed by atoms with Crippen molar-refractivity contribution in [2.24, 2.45) is 5.92 Å². The van der Waals surface area contributed by atoms with Gasteiger partial charge in [-0.3, -0.25) is 4.79 Å². The van der Waals surface area contributed by atoms with E-state index in [0.717, 1.165) is 18.4 Å². The number of carbonyl (C=O) groups is 1. The molecule has 1 aliphatic heterocycles. The van der Waals surface area contributed by atoms with Crippen molar-refractivity contribution >= 4 is 11.7 Å². The van der Waals surface area contributed by atoms with Crippen LogP contribution in [-0.4, -0.2) is 30.2 Å². The average Bonchev–Trinajstić information content (AvgIpc) is 2.53. The van der Waals surface area contributed by atoms with Gasteiger partial charge in [-0.25, -0.2) is 4.39 Å². The predicted molar refractivity (Wildman–Crippen MR) is 85.6 cm³/mol. The minimum Gasteiger partial charge on any atom is -0.481 e. The molecule has 1 fully saturated rings. The average molecular weight is 308 g/mol. The second-order valence-electron chi connectivity index (χ2n) is 6.10. The van der Waals surface area contributed by atoms with Gasteiger partial charge in [-0.2, -0.15) is 0 Å². The lowest BCUT2D eigenvalue weighted by molar-refractivity contribution is -0.141. The maximum absolute atomic E-state index is 14.1. The normalized spacial score (nSPS) is 20.0. The molecule has 1 aromatic rings. The molecule has 0 saturated carbocycles. The van der Waals surface area contributed by atoms with E-state index in [0.29, 0.717) is 37.8 Å². The van der Waals surface area contributed by atoms with Crippen LogP contribution in [0.5, 0.6) is 0 Å². The molecule has 0 bridgehead atoms. The summed E-state index contributed by atoms with van der Waals surface area (Å²) in [6.45, 7) is 6.02. The molecule has 0 aliphatic carbocycles. The van der Waals surface area contributed by atoms with E-state index in [1.54, 1.807) is 6.07 Å². The fourth-order valence-electron chi connectivity index (χ4n) is 2.74. The number of rotatable bonds is 6. The summed E-state index contributed by atoms with van der Waals surface area (Å²) in [4.78, 5) is 13.0. The van der Waals surface area contributed by atoms with E-state index in [1.165, 1.54) is 6.07 Å². The van der Waals surface area contributed by atoms with Gasteiger partial charge in [0.25, 0.3) is 0 Å². The van der Waals surface area contributed by atoms with Crippen LogP contribution in [-0.2, 0) is 11.3 Å². The van der Waals surface area contributed by atoms with Crippen LogP contribution < -0.4 is 10.2 Å². The van der Waals surface area contributed by atoms with Crippen LogP contribution in [0, 0.1) is 11.7 Å².